The number of nitrogens with one attached hydrogen (secondary N) is 7. The molecule has 0 aromatic carbocycles. The van der Waals surface area contributed by atoms with Gasteiger partial charge in [0.05, 0.1) is 0 Å². The second-order valence-corrected chi connectivity index (χ2v) is 8.26. The van der Waals surface area contributed by atoms with E-state index in [0.29, 0.717) is 5.95 Å². The fourth-order valence-corrected chi connectivity index (χ4v) is 3.81. The fourth-order valence-electron chi connectivity index (χ4n) is 3.81. The van der Waals surface area contributed by atoms with Crippen LogP contribution in [0.15, 0.2) is 0 Å². The summed E-state index contributed by atoms with van der Waals surface area (Å²) >= 11 is 0. The molecule has 1 aromatic heterocycles. The molecule has 1 aromatic rings. The predicted octanol–water partition coefficient (Wildman–Crippen LogP) is -2.52. The lowest BCUT2D eigenvalue weighted by atomic mass is 10.4. The lowest BCUT2D eigenvalue weighted by Gasteiger charge is -2.27. The minimum atomic E-state index is 0.643. The Balaban J connectivity index is 1.76. The first kappa shape index (κ1) is 25.8. The van der Waals surface area contributed by atoms with Crippen LogP contribution in [0.25, 0.3) is 0 Å². The normalized spacial score (nSPS) is 21.2. The third-order valence-electron chi connectivity index (χ3n) is 5.66. The summed E-state index contributed by atoms with van der Waals surface area (Å²) in [6.07, 6.45) is 0. The molecule has 3 heterocycles. The average molecular weight is 465 g/mol. The first-order chi connectivity index (χ1) is 16.4. The van der Waals surface area contributed by atoms with Gasteiger partial charge in [0, 0.05) is 111 Å². The van der Waals surface area contributed by atoms with E-state index in [9.17, 15) is 0 Å². The fraction of sp³-hybridized carbons (Fsp3) is 0.857. The van der Waals surface area contributed by atoms with Crippen LogP contribution in [0.3, 0.4) is 0 Å². The molecular weight excluding hydrogens is 420 g/mol. The van der Waals surface area contributed by atoms with Crippen LogP contribution in [-0.4, -0.2) is 126 Å². The number of aromatic nitrogens is 3. The summed E-state index contributed by atoms with van der Waals surface area (Å²) in [5.41, 5.74) is 0. The third kappa shape index (κ3) is 9.90. The lowest BCUT2D eigenvalue weighted by molar-refractivity contribution is 0.550. The van der Waals surface area contributed by atoms with Crippen LogP contribution in [0.5, 0.6) is 0 Å². The summed E-state index contributed by atoms with van der Waals surface area (Å²) in [6.45, 7) is 17.6. The highest BCUT2D eigenvalue weighted by Crippen LogP contribution is 2.16. The van der Waals surface area contributed by atoms with Gasteiger partial charge in [-0.25, -0.2) is 0 Å². The molecular formula is C21H44N12. The van der Waals surface area contributed by atoms with Gasteiger partial charge in [0.15, 0.2) is 0 Å². The Hall–Kier alpha value is -1.83. The van der Waals surface area contributed by atoms with Crippen molar-refractivity contribution in [3.8, 4) is 0 Å². The van der Waals surface area contributed by atoms with Crippen molar-refractivity contribution in [3.05, 3.63) is 0 Å². The van der Waals surface area contributed by atoms with Gasteiger partial charge in [-0.1, -0.05) is 0 Å². The second-order valence-electron chi connectivity index (χ2n) is 8.26. The van der Waals surface area contributed by atoms with Crippen LogP contribution in [0, 0.1) is 0 Å². The molecule has 12 nitrogen and oxygen atoms in total. The third-order valence-corrected chi connectivity index (χ3v) is 5.66. The van der Waals surface area contributed by atoms with Crippen molar-refractivity contribution in [2.75, 3.05) is 126 Å². The molecule has 3 rings (SSSR count). The molecule has 0 amide bonds. The number of hydrogen-bond acceptors (Lipinski definition) is 12. The Kier molecular flexibility index (Phi) is 12.4. The molecule has 0 atom stereocenters. The zero-order chi connectivity index (χ0) is 23.0. The maximum atomic E-state index is 4.95. The van der Waals surface area contributed by atoms with Crippen molar-refractivity contribution in [1.29, 1.82) is 0 Å². The number of anilines is 3. The molecule has 0 unspecified atom stereocenters. The van der Waals surface area contributed by atoms with Gasteiger partial charge in [0.1, 0.15) is 0 Å². The van der Waals surface area contributed by atoms with Crippen molar-refractivity contribution in [3.63, 3.8) is 0 Å². The molecule has 12 heteroatoms. The number of hydrogen-bond donors (Lipinski definition) is 7. The Labute approximate surface area is 198 Å². The molecule has 0 radical (unpaired) electrons. The maximum absolute atomic E-state index is 4.95. The van der Waals surface area contributed by atoms with E-state index in [4.69, 9.17) is 15.0 Å². The van der Waals surface area contributed by atoms with Crippen molar-refractivity contribution < 1.29 is 0 Å². The molecule has 0 spiro atoms. The second kappa shape index (κ2) is 15.9. The Morgan fingerprint density at radius 2 is 0.879 bits per heavy atom. The van der Waals surface area contributed by atoms with Gasteiger partial charge in [-0.3, -0.25) is 0 Å². The minimum Gasteiger partial charge on any atom is -0.354 e. The minimum absolute atomic E-state index is 0.643. The molecule has 188 valence electrons. The lowest BCUT2D eigenvalue weighted by Crippen LogP contribution is -2.43. The molecule has 2 aliphatic heterocycles. The van der Waals surface area contributed by atoms with E-state index in [0.717, 1.165) is 123 Å². The van der Waals surface area contributed by atoms with Crippen LogP contribution in [0.1, 0.15) is 6.92 Å². The average Bonchev–Trinajstić information content (AvgIpc) is 2.80. The van der Waals surface area contributed by atoms with E-state index in [2.05, 4.69) is 53.9 Å². The van der Waals surface area contributed by atoms with Gasteiger partial charge in [0.2, 0.25) is 17.8 Å². The van der Waals surface area contributed by atoms with E-state index in [1.165, 1.54) is 0 Å². The molecule has 0 bridgehead atoms. The Morgan fingerprint density at radius 3 is 1.21 bits per heavy atom. The number of nitrogens with zero attached hydrogens (tertiary/aromatic N) is 5. The molecule has 2 aliphatic rings. The van der Waals surface area contributed by atoms with E-state index >= 15 is 0 Å². The van der Waals surface area contributed by atoms with Gasteiger partial charge < -0.3 is 47.0 Å². The first-order valence-corrected chi connectivity index (χ1v) is 12.6. The van der Waals surface area contributed by atoms with E-state index in [-0.39, 0.29) is 0 Å². The Morgan fingerprint density at radius 1 is 0.545 bits per heavy atom. The topological polar surface area (TPSA) is 129 Å². The molecule has 0 aliphatic carbocycles. The van der Waals surface area contributed by atoms with Gasteiger partial charge in [0.25, 0.3) is 0 Å². The van der Waals surface area contributed by atoms with Crippen LogP contribution >= 0.6 is 0 Å². The SMILES string of the molecule is CCNc1nc(N2CCNCCNCCNCC2)nc(N2CCNCCNCCNCC2)n1. The van der Waals surface area contributed by atoms with E-state index < -0.39 is 0 Å². The highest BCUT2D eigenvalue weighted by Gasteiger charge is 2.17. The highest BCUT2D eigenvalue weighted by molar-refractivity contribution is 5.45. The van der Waals surface area contributed by atoms with Crippen LogP contribution in [0.2, 0.25) is 0 Å². The summed E-state index contributed by atoms with van der Waals surface area (Å²) in [7, 11) is 0. The summed E-state index contributed by atoms with van der Waals surface area (Å²) < 4.78 is 0. The summed E-state index contributed by atoms with van der Waals surface area (Å²) in [5.74, 6) is 2.13. The molecule has 2 saturated heterocycles. The Bertz CT molecular complexity index is 573. The molecule has 7 N–H and O–H groups in total. The van der Waals surface area contributed by atoms with Crippen molar-refractivity contribution in [1.82, 2.24) is 46.9 Å². The van der Waals surface area contributed by atoms with Crippen LogP contribution < -0.4 is 47.0 Å². The van der Waals surface area contributed by atoms with E-state index in [1.807, 2.05) is 0 Å². The standard InChI is InChI=1S/C21H44N12/c1-2-28-19-29-20(32-15-11-24-7-3-22-4-8-25-12-16-32)31-21(30-19)33-17-13-26-9-5-23-6-10-27-14-18-33/h22-27H,2-18H2,1H3,(H,28,29,30,31). The van der Waals surface area contributed by atoms with Gasteiger partial charge >= 0.3 is 0 Å². The molecule has 2 fully saturated rings. The zero-order valence-electron chi connectivity index (χ0n) is 20.3. The van der Waals surface area contributed by atoms with Crippen molar-refractivity contribution >= 4 is 17.8 Å². The summed E-state index contributed by atoms with van der Waals surface area (Å²) in [5, 5.41) is 24.2. The van der Waals surface area contributed by atoms with Gasteiger partial charge in [-0.2, -0.15) is 15.0 Å². The maximum Gasteiger partial charge on any atom is 0.232 e. The molecule has 0 saturated carbocycles. The van der Waals surface area contributed by atoms with Crippen LogP contribution in [0.4, 0.5) is 17.8 Å². The van der Waals surface area contributed by atoms with E-state index in [1.54, 1.807) is 0 Å². The quantitative estimate of drug-likeness (QED) is 0.254. The van der Waals surface area contributed by atoms with Gasteiger partial charge in [-0.15, -0.1) is 0 Å². The van der Waals surface area contributed by atoms with Gasteiger partial charge in [-0.05, 0) is 6.92 Å². The monoisotopic (exact) mass is 464 g/mol. The van der Waals surface area contributed by atoms with Crippen LogP contribution in [-0.2, 0) is 0 Å². The van der Waals surface area contributed by atoms with Crippen molar-refractivity contribution in [2.45, 2.75) is 6.92 Å². The zero-order valence-corrected chi connectivity index (χ0v) is 20.3. The largest absolute Gasteiger partial charge is 0.354 e. The number of rotatable bonds is 4. The smallest absolute Gasteiger partial charge is 0.232 e. The highest BCUT2D eigenvalue weighted by atomic mass is 15.4. The summed E-state index contributed by atoms with van der Waals surface area (Å²) in [6, 6.07) is 0. The predicted molar refractivity (Wildman–Crippen MR) is 136 cm³/mol. The van der Waals surface area contributed by atoms with Crippen molar-refractivity contribution in [2.24, 2.45) is 0 Å². The summed E-state index contributed by atoms with van der Waals surface area (Å²) in [4.78, 5) is 19.0. The first-order valence-electron chi connectivity index (χ1n) is 12.6. The molecule has 33 heavy (non-hydrogen) atoms.